The number of esters is 1. The van der Waals surface area contributed by atoms with Gasteiger partial charge in [0.1, 0.15) is 0 Å². The van der Waals surface area contributed by atoms with Gasteiger partial charge in [-0.15, -0.1) is 0 Å². The average molecular weight is 212 g/mol. The number of hydrogen-bond acceptors (Lipinski definition) is 4. The van der Waals surface area contributed by atoms with Gasteiger partial charge in [0.15, 0.2) is 0 Å². The van der Waals surface area contributed by atoms with Crippen LogP contribution in [0, 0.1) is 0 Å². The van der Waals surface area contributed by atoms with Gasteiger partial charge < -0.3 is 4.74 Å². The first-order valence-electron chi connectivity index (χ1n) is 5.72. The fourth-order valence-electron chi connectivity index (χ4n) is 2.77. The summed E-state index contributed by atoms with van der Waals surface area (Å²) in [6.07, 6.45) is 3.79. The standard InChI is InChI=1S/C11H20N2O2/c1-12-9-3-4-10(12)7-13(6-5-9)8-11(14)15-2/h9-10H,3-8H2,1-2H3. The topological polar surface area (TPSA) is 32.8 Å². The first kappa shape index (κ1) is 10.9. The number of likely N-dealkylation sites (N-methyl/N-ethyl adjacent to an activating group) is 1. The van der Waals surface area contributed by atoms with E-state index in [2.05, 4.69) is 16.8 Å². The molecule has 2 atom stereocenters. The van der Waals surface area contributed by atoms with Crippen LogP contribution in [0.25, 0.3) is 0 Å². The van der Waals surface area contributed by atoms with Crippen LogP contribution in [0.3, 0.4) is 0 Å². The summed E-state index contributed by atoms with van der Waals surface area (Å²) in [6, 6.07) is 1.37. The number of carbonyl (C=O) groups excluding carboxylic acids is 1. The zero-order chi connectivity index (χ0) is 10.8. The number of ether oxygens (including phenoxy) is 1. The number of likely N-dealkylation sites (tertiary alicyclic amines) is 1. The van der Waals surface area contributed by atoms with E-state index in [1.165, 1.54) is 26.4 Å². The maximum Gasteiger partial charge on any atom is 0.319 e. The molecular weight excluding hydrogens is 192 g/mol. The largest absolute Gasteiger partial charge is 0.468 e. The van der Waals surface area contributed by atoms with Crippen LogP contribution in [-0.4, -0.2) is 61.6 Å². The van der Waals surface area contributed by atoms with E-state index in [1.54, 1.807) is 0 Å². The average Bonchev–Trinajstić information content (AvgIpc) is 2.46. The summed E-state index contributed by atoms with van der Waals surface area (Å²) >= 11 is 0. The molecule has 15 heavy (non-hydrogen) atoms. The summed E-state index contributed by atoms with van der Waals surface area (Å²) in [5.41, 5.74) is 0. The molecule has 2 unspecified atom stereocenters. The smallest absolute Gasteiger partial charge is 0.319 e. The summed E-state index contributed by atoms with van der Waals surface area (Å²) in [6.45, 7) is 2.50. The van der Waals surface area contributed by atoms with Gasteiger partial charge in [-0.2, -0.15) is 0 Å². The highest BCUT2D eigenvalue weighted by Crippen LogP contribution is 2.28. The van der Waals surface area contributed by atoms with Crippen molar-refractivity contribution in [1.82, 2.24) is 9.80 Å². The van der Waals surface area contributed by atoms with Gasteiger partial charge in [0.2, 0.25) is 0 Å². The Balaban J connectivity index is 1.92. The second-order valence-corrected chi connectivity index (χ2v) is 4.65. The van der Waals surface area contributed by atoms with E-state index in [0.717, 1.165) is 19.1 Å². The highest BCUT2D eigenvalue weighted by Gasteiger charge is 2.34. The molecule has 0 amide bonds. The number of nitrogens with zero attached hydrogens (tertiary/aromatic N) is 2. The molecule has 2 aliphatic heterocycles. The Labute approximate surface area is 91.2 Å². The van der Waals surface area contributed by atoms with Crippen LogP contribution >= 0.6 is 0 Å². The molecule has 0 aromatic rings. The van der Waals surface area contributed by atoms with Gasteiger partial charge >= 0.3 is 5.97 Å². The SMILES string of the molecule is COC(=O)CN1CCC2CCC(C1)N2C. The molecule has 0 spiro atoms. The number of fused-ring (bicyclic) bond motifs is 2. The minimum Gasteiger partial charge on any atom is -0.468 e. The van der Waals surface area contributed by atoms with Crippen molar-refractivity contribution in [3.05, 3.63) is 0 Å². The molecule has 2 bridgehead atoms. The van der Waals surface area contributed by atoms with E-state index < -0.39 is 0 Å². The van der Waals surface area contributed by atoms with Crippen LogP contribution in [0.1, 0.15) is 19.3 Å². The summed E-state index contributed by atoms with van der Waals surface area (Å²) < 4.78 is 4.71. The fourth-order valence-corrected chi connectivity index (χ4v) is 2.77. The Morgan fingerprint density at radius 1 is 1.33 bits per heavy atom. The van der Waals surface area contributed by atoms with Crippen LogP contribution in [0.4, 0.5) is 0 Å². The third-order valence-corrected chi connectivity index (χ3v) is 3.81. The van der Waals surface area contributed by atoms with Crippen molar-refractivity contribution in [2.45, 2.75) is 31.3 Å². The van der Waals surface area contributed by atoms with Crippen LogP contribution in [0.5, 0.6) is 0 Å². The van der Waals surface area contributed by atoms with Crippen molar-refractivity contribution in [2.24, 2.45) is 0 Å². The zero-order valence-corrected chi connectivity index (χ0v) is 9.61. The lowest BCUT2D eigenvalue weighted by atomic mass is 10.1. The molecule has 0 radical (unpaired) electrons. The molecule has 2 heterocycles. The Kier molecular flexibility index (Phi) is 3.26. The summed E-state index contributed by atoms with van der Waals surface area (Å²) in [4.78, 5) is 15.9. The molecule has 0 saturated carbocycles. The number of rotatable bonds is 2. The van der Waals surface area contributed by atoms with Crippen molar-refractivity contribution in [2.75, 3.05) is 33.8 Å². The van der Waals surface area contributed by atoms with Gasteiger partial charge in [-0.25, -0.2) is 0 Å². The molecule has 2 fully saturated rings. The number of carbonyl (C=O) groups is 1. The van der Waals surface area contributed by atoms with Crippen molar-refractivity contribution in [1.29, 1.82) is 0 Å². The van der Waals surface area contributed by atoms with Crippen LogP contribution < -0.4 is 0 Å². The second kappa shape index (κ2) is 4.49. The van der Waals surface area contributed by atoms with Gasteiger partial charge in [0.25, 0.3) is 0 Å². The molecule has 0 aliphatic carbocycles. The minimum atomic E-state index is -0.115. The molecule has 0 N–H and O–H groups in total. The van der Waals surface area contributed by atoms with E-state index in [4.69, 9.17) is 4.74 Å². The lowest BCUT2D eigenvalue weighted by Crippen LogP contribution is -2.39. The lowest BCUT2D eigenvalue weighted by Gasteiger charge is -2.24. The normalized spacial score (nSPS) is 32.7. The van der Waals surface area contributed by atoms with E-state index in [1.807, 2.05) is 0 Å². The number of hydrogen-bond donors (Lipinski definition) is 0. The molecule has 2 rings (SSSR count). The van der Waals surface area contributed by atoms with Crippen molar-refractivity contribution >= 4 is 5.97 Å². The van der Waals surface area contributed by atoms with Gasteiger partial charge in [0, 0.05) is 25.2 Å². The Morgan fingerprint density at radius 3 is 2.80 bits per heavy atom. The Hall–Kier alpha value is -0.610. The van der Waals surface area contributed by atoms with Crippen LogP contribution in [0.2, 0.25) is 0 Å². The minimum absolute atomic E-state index is 0.115. The van der Waals surface area contributed by atoms with Crippen LogP contribution in [-0.2, 0) is 9.53 Å². The molecular formula is C11H20N2O2. The third kappa shape index (κ3) is 2.32. The molecule has 4 heteroatoms. The molecule has 0 aromatic heterocycles. The molecule has 86 valence electrons. The third-order valence-electron chi connectivity index (χ3n) is 3.81. The lowest BCUT2D eigenvalue weighted by molar-refractivity contribution is -0.142. The summed E-state index contributed by atoms with van der Waals surface area (Å²) in [7, 11) is 3.67. The highest BCUT2D eigenvalue weighted by atomic mass is 16.5. The van der Waals surface area contributed by atoms with Crippen molar-refractivity contribution in [3.63, 3.8) is 0 Å². The van der Waals surface area contributed by atoms with Gasteiger partial charge in [-0.05, 0) is 26.3 Å². The monoisotopic (exact) mass is 212 g/mol. The van der Waals surface area contributed by atoms with E-state index >= 15 is 0 Å². The summed E-state index contributed by atoms with van der Waals surface area (Å²) in [5.74, 6) is -0.115. The first-order chi connectivity index (χ1) is 7.20. The van der Waals surface area contributed by atoms with Gasteiger partial charge in [-0.1, -0.05) is 0 Å². The van der Waals surface area contributed by atoms with E-state index in [-0.39, 0.29) is 5.97 Å². The van der Waals surface area contributed by atoms with Crippen LogP contribution in [0.15, 0.2) is 0 Å². The van der Waals surface area contributed by atoms with Gasteiger partial charge in [-0.3, -0.25) is 14.6 Å². The van der Waals surface area contributed by atoms with E-state index in [9.17, 15) is 4.79 Å². The Morgan fingerprint density at radius 2 is 2.07 bits per heavy atom. The summed E-state index contributed by atoms with van der Waals surface area (Å²) in [5, 5.41) is 0. The molecule has 0 aromatic carbocycles. The molecule has 2 aliphatic rings. The zero-order valence-electron chi connectivity index (χ0n) is 9.61. The van der Waals surface area contributed by atoms with Crippen molar-refractivity contribution in [3.8, 4) is 0 Å². The first-order valence-corrected chi connectivity index (χ1v) is 5.72. The quantitative estimate of drug-likeness (QED) is 0.617. The highest BCUT2D eigenvalue weighted by molar-refractivity contribution is 5.71. The fraction of sp³-hybridized carbons (Fsp3) is 0.909. The molecule has 4 nitrogen and oxygen atoms in total. The maximum atomic E-state index is 11.2. The second-order valence-electron chi connectivity index (χ2n) is 4.65. The predicted octanol–water partition coefficient (Wildman–Crippen LogP) is 0.328. The van der Waals surface area contributed by atoms with E-state index in [0.29, 0.717) is 12.6 Å². The number of methoxy groups -OCH3 is 1. The molecule has 2 saturated heterocycles. The Bertz CT molecular complexity index is 245. The maximum absolute atomic E-state index is 11.2. The van der Waals surface area contributed by atoms with Gasteiger partial charge in [0.05, 0.1) is 13.7 Å². The van der Waals surface area contributed by atoms with Crippen molar-refractivity contribution < 1.29 is 9.53 Å². The predicted molar refractivity (Wildman–Crippen MR) is 57.6 cm³/mol.